The Balaban J connectivity index is 1.40. The van der Waals surface area contributed by atoms with Crippen LogP contribution in [0.2, 0.25) is 0 Å². The normalized spacial score (nSPS) is 38.1. The lowest BCUT2D eigenvalue weighted by Crippen LogP contribution is -2.62. The van der Waals surface area contributed by atoms with E-state index in [2.05, 4.69) is 0 Å². The first-order valence-electron chi connectivity index (χ1n) is 13.5. The van der Waals surface area contributed by atoms with Crippen LogP contribution in [0.5, 0.6) is 5.75 Å². The van der Waals surface area contributed by atoms with Gasteiger partial charge in [0, 0.05) is 25.8 Å². The molecule has 0 amide bonds. The van der Waals surface area contributed by atoms with E-state index in [0.717, 1.165) is 0 Å². The van der Waals surface area contributed by atoms with Crippen molar-refractivity contribution in [3.63, 3.8) is 0 Å². The molecule has 1 saturated carbocycles. The molecule has 1 aliphatic carbocycles. The Bertz CT molecular complexity index is 1230. The summed E-state index contributed by atoms with van der Waals surface area (Å²) in [6, 6.07) is 6.95. The number of epoxide rings is 1. The smallest absolute Gasteiger partial charge is 0.331 e. The van der Waals surface area contributed by atoms with Crippen LogP contribution in [0.4, 0.5) is 0 Å². The van der Waals surface area contributed by atoms with Crippen molar-refractivity contribution in [2.24, 2.45) is 11.8 Å². The van der Waals surface area contributed by atoms with Crippen molar-refractivity contribution in [1.82, 2.24) is 0 Å². The van der Waals surface area contributed by atoms with Crippen molar-refractivity contribution in [1.29, 1.82) is 0 Å². The average molecular weight is 591 g/mol. The first-order valence-corrected chi connectivity index (χ1v) is 13.5. The number of carbonyl (C=O) groups is 3. The van der Waals surface area contributed by atoms with Gasteiger partial charge in [0.2, 0.25) is 6.29 Å². The van der Waals surface area contributed by atoms with Crippen molar-refractivity contribution in [2.75, 3.05) is 13.7 Å². The molecule has 0 unspecified atom stereocenters. The van der Waals surface area contributed by atoms with Crippen LogP contribution in [0, 0.1) is 11.8 Å². The number of rotatable bonds is 9. The van der Waals surface area contributed by atoms with Crippen LogP contribution < -0.4 is 4.74 Å². The van der Waals surface area contributed by atoms with Crippen molar-refractivity contribution in [3.05, 3.63) is 48.2 Å². The Hall–Kier alpha value is -3.49. The van der Waals surface area contributed by atoms with E-state index in [0.29, 0.717) is 11.3 Å². The number of methoxy groups -OCH3 is 1. The molecule has 1 aromatic rings. The molecule has 0 aromatic heterocycles. The van der Waals surface area contributed by atoms with E-state index in [-0.39, 0.29) is 6.61 Å². The first-order chi connectivity index (χ1) is 20.1. The van der Waals surface area contributed by atoms with Gasteiger partial charge in [0.15, 0.2) is 24.6 Å². The van der Waals surface area contributed by atoms with Gasteiger partial charge in [0.25, 0.3) is 0 Å². The lowest BCUT2D eigenvalue weighted by atomic mass is 9.86. The van der Waals surface area contributed by atoms with Gasteiger partial charge in [-0.2, -0.15) is 0 Å². The summed E-state index contributed by atoms with van der Waals surface area (Å²) >= 11 is 0. The molecule has 3 fully saturated rings. The molecule has 5 rings (SSSR count). The number of carbonyl (C=O) groups excluding carboxylic acids is 3. The number of ether oxygens (including phenoxy) is 8. The quantitative estimate of drug-likeness (QED) is 0.180. The van der Waals surface area contributed by atoms with Crippen LogP contribution in [0.1, 0.15) is 26.3 Å². The molecule has 2 N–H and O–H groups in total. The maximum Gasteiger partial charge on any atom is 0.331 e. The van der Waals surface area contributed by atoms with E-state index < -0.39 is 84.5 Å². The Morgan fingerprint density at radius 2 is 1.69 bits per heavy atom. The third-order valence-electron chi connectivity index (χ3n) is 7.90. The first kappa shape index (κ1) is 30.0. The number of esters is 3. The zero-order valence-electron chi connectivity index (χ0n) is 23.5. The molecule has 1 aromatic carbocycles. The average Bonchev–Trinajstić information content (AvgIpc) is 3.62. The zero-order valence-corrected chi connectivity index (χ0v) is 23.5. The van der Waals surface area contributed by atoms with Crippen molar-refractivity contribution >= 4 is 24.0 Å². The van der Waals surface area contributed by atoms with Gasteiger partial charge >= 0.3 is 17.9 Å². The minimum atomic E-state index is -1.35. The standard InChI is InChI=1S/C29H34O13/c1-14-22(38-15(2)31)24(40-20(33)10-7-17-5-8-18(35-4)9-6-17)25(39-16(3)32)28(37-14)41-23-19-11-12-36-27(34)21(19)29(13-30)26(23)42-29/h5-12,14,19,21-28,30,34H,13H2,1-4H3/b10-7-/t14-,19+,21+,22-,23-,24+,25-,26-,27+,28+,29+/m0/s1. The second kappa shape index (κ2) is 12.0. The van der Waals surface area contributed by atoms with Gasteiger partial charge in [0.1, 0.15) is 17.5 Å². The highest BCUT2D eigenvalue weighted by atomic mass is 16.7. The van der Waals surface area contributed by atoms with Gasteiger partial charge in [-0.1, -0.05) is 12.1 Å². The van der Waals surface area contributed by atoms with Gasteiger partial charge in [-0.05, 0) is 36.8 Å². The second-order valence-electron chi connectivity index (χ2n) is 10.6. The fraction of sp³-hybridized carbons (Fsp3) is 0.552. The molecule has 3 heterocycles. The maximum atomic E-state index is 13.0. The van der Waals surface area contributed by atoms with Crippen LogP contribution in [-0.2, 0) is 47.5 Å². The van der Waals surface area contributed by atoms with E-state index in [9.17, 15) is 24.6 Å². The second-order valence-corrected chi connectivity index (χ2v) is 10.6. The number of aliphatic hydroxyl groups is 2. The lowest BCUT2D eigenvalue weighted by Gasteiger charge is -2.44. The largest absolute Gasteiger partial charge is 0.497 e. The molecule has 11 atom stereocenters. The highest BCUT2D eigenvalue weighted by molar-refractivity contribution is 5.87. The Morgan fingerprint density at radius 3 is 2.33 bits per heavy atom. The minimum absolute atomic E-state index is 0.377. The molecule has 13 heteroatoms. The number of aliphatic hydroxyl groups excluding tert-OH is 2. The van der Waals surface area contributed by atoms with Crippen molar-refractivity contribution < 1.29 is 62.5 Å². The van der Waals surface area contributed by atoms with Crippen LogP contribution in [0.3, 0.4) is 0 Å². The summed E-state index contributed by atoms with van der Waals surface area (Å²) in [4.78, 5) is 37.2. The molecule has 4 aliphatic rings. The minimum Gasteiger partial charge on any atom is -0.497 e. The van der Waals surface area contributed by atoms with Gasteiger partial charge < -0.3 is 48.1 Å². The van der Waals surface area contributed by atoms with Gasteiger partial charge in [0.05, 0.1) is 38.1 Å². The lowest BCUT2D eigenvalue weighted by molar-refractivity contribution is -0.315. The number of benzene rings is 1. The van der Waals surface area contributed by atoms with Crippen molar-refractivity contribution in [3.8, 4) is 5.75 Å². The molecule has 0 radical (unpaired) electrons. The summed E-state index contributed by atoms with van der Waals surface area (Å²) < 4.78 is 45.3. The molecule has 42 heavy (non-hydrogen) atoms. The molecule has 228 valence electrons. The van der Waals surface area contributed by atoms with Crippen LogP contribution in [0.25, 0.3) is 6.08 Å². The summed E-state index contributed by atoms with van der Waals surface area (Å²) in [5.41, 5.74) is -0.378. The van der Waals surface area contributed by atoms with E-state index in [4.69, 9.17) is 37.9 Å². The maximum absolute atomic E-state index is 13.0. The number of hydrogen-bond donors (Lipinski definition) is 2. The number of fused-ring (bicyclic) bond motifs is 3. The summed E-state index contributed by atoms with van der Waals surface area (Å²) in [5, 5.41) is 20.6. The van der Waals surface area contributed by atoms with Gasteiger partial charge in [-0.15, -0.1) is 0 Å². The Kier molecular flexibility index (Phi) is 8.58. The third kappa shape index (κ3) is 5.75. The molecular weight excluding hydrogens is 556 g/mol. The SMILES string of the molecule is COc1ccc(/C=C\C(=O)O[C@H]2[C@H](OC(C)=O)[C@@H](O[C@H]3[C@@H]4C=CO[C@@H](O)[C@@H]4[C@@]4(CO)O[C@@H]34)O[C@@H](C)[C@@H]2OC(C)=O)cc1. The molecule has 13 nitrogen and oxygen atoms in total. The van der Waals surface area contributed by atoms with E-state index in [1.165, 1.54) is 32.3 Å². The number of hydrogen-bond acceptors (Lipinski definition) is 13. The monoisotopic (exact) mass is 590 g/mol. The van der Waals surface area contributed by atoms with Crippen LogP contribution in [0.15, 0.2) is 42.7 Å². The Morgan fingerprint density at radius 1 is 1.00 bits per heavy atom. The molecule has 3 aliphatic heterocycles. The predicted octanol–water partition coefficient (Wildman–Crippen LogP) is 0.852. The summed E-state index contributed by atoms with van der Waals surface area (Å²) in [6.07, 6.45) is -2.78. The van der Waals surface area contributed by atoms with Crippen molar-refractivity contribution in [2.45, 2.75) is 75.6 Å². The Labute approximate surface area is 241 Å². The highest BCUT2D eigenvalue weighted by Crippen LogP contribution is 2.60. The summed E-state index contributed by atoms with van der Waals surface area (Å²) in [7, 11) is 1.54. The molecule has 0 spiro atoms. The van der Waals surface area contributed by atoms with E-state index >= 15 is 0 Å². The van der Waals surface area contributed by atoms with E-state index in [1.54, 1.807) is 44.4 Å². The topological polar surface area (TPSA) is 169 Å². The summed E-state index contributed by atoms with van der Waals surface area (Å²) in [6.45, 7) is 3.59. The van der Waals surface area contributed by atoms with E-state index in [1.807, 2.05) is 0 Å². The molecular formula is C29H34O13. The fourth-order valence-corrected chi connectivity index (χ4v) is 6.00. The summed E-state index contributed by atoms with van der Waals surface area (Å²) in [5.74, 6) is -2.58. The third-order valence-corrected chi connectivity index (χ3v) is 7.90. The molecule has 2 saturated heterocycles. The van der Waals surface area contributed by atoms with Crippen LogP contribution >= 0.6 is 0 Å². The van der Waals surface area contributed by atoms with Gasteiger partial charge in [-0.3, -0.25) is 9.59 Å². The fourth-order valence-electron chi connectivity index (χ4n) is 6.00. The van der Waals surface area contributed by atoms with Crippen LogP contribution in [-0.4, -0.2) is 96.6 Å². The molecule has 0 bridgehead atoms. The predicted molar refractivity (Wildman–Crippen MR) is 140 cm³/mol. The highest BCUT2D eigenvalue weighted by Gasteiger charge is 2.76. The zero-order chi connectivity index (χ0) is 30.2. The van der Waals surface area contributed by atoms with Gasteiger partial charge in [-0.25, -0.2) is 4.79 Å².